The molecular formula is C31H39N9O5. The maximum Gasteiger partial charge on any atom is 0.247 e. The number of hydrogen-bond acceptors (Lipinski definition) is 11. The average molecular weight is 618 g/mol. The highest BCUT2D eigenvalue weighted by Gasteiger charge is 2.31. The Morgan fingerprint density at radius 1 is 1.02 bits per heavy atom. The number of carbonyl (C=O) groups is 1. The fraction of sp³-hybridized carbons (Fsp3) is 0.452. The summed E-state index contributed by atoms with van der Waals surface area (Å²) in [4.78, 5) is 27.5. The molecule has 1 aliphatic heterocycles. The highest BCUT2D eigenvalue weighted by Crippen LogP contribution is 2.28. The summed E-state index contributed by atoms with van der Waals surface area (Å²) >= 11 is 0. The summed E-state index contributed by atoms with van der Waals surface area (Å²) in [6, 6.07) is 11.1. The lowest BCUT2D eigenvalue weighted by atomic mass is 10.1. The molecule has 1 fully saturated rings. The van der Waals surface area contributed by atoms with Gasteiger partial charge in [-0.3, -0.25) is 4.79 Å². The van der Waals surface area contributed by atoms with Gasteiger partial charge >= 0.3 is 0 Å². The second-order valence-corrected chi connectivity index (χ2v) is 10.9. The number of nitrogens with zero attached hydrogens (tertiary/aromatic N) is 8. The molecule has 2 N–H and O–H groups in total. The number of hydrogen-bond donors (Lipinski definition) is 1. The van der Waals surface area contributed by atoms with E-state index in [0.29, 0.717) is 74.2 Å². The van der Waals surface area contributed by atoms with Gasteiger partial charge in [-0.1, -0.05) is 19.8 Å². The molecule has 0 radical (unpaired) electrons. The largest absolute Gasteiger partial charge is 0.491 e. The summed E-state index contributed by atoms with van der Waals surface area (Å²) in [5.41, 5.74) is 8.44. The van der Waals surface area contributed by atoms with Crippen molar-refractivity contribution in [2.24, 2.45) is 0 Å². The number of unbranched alkanes of at least 4 members (excludes halogenated alkanes) is 1. The monoisotopic (exact) mass is 617 g/mol. The molecule has 1 atom stereocenters. The van der Waals surface area contributed by atoms with Crippen LogP contribution in [-0.2, 0) is 14.3 Å². The fourth-order valence-electron chi connectivity index (χ4n) is 5.52. The minimum Gasteiger partial charge on any atom is -0.491 e. The van der Waals surface area contributed by atoms with Crippen molar-refractivity contribution in [3.05, 3.63) is 48.9 Å². The summed E-state index contributed by atoms with van der Waals surface area (Å²) in [6.07, 6.45) is 5.71. The average Bonchev–Trinajstić information content (AvgIpc) is 3.84. The molecule has 1 amide bonds. The van der Waals surface area contributed by atoms with Gasteiger partial charge in [-0.2, -0.15) is 14.6 Å². The van der Waals surface area contributed by atoms with E-state index in [9.17, 15) is 4.79 Å². The van der Waals surface area contributed by atoms with Crippen molar-refractivity contribution in [1.82, 2.24) is 34.3 Å². The second-order valence-electron chi connectivity index (χ2n) is 10.9. The van der Waals surface area contributed by atoms with Gasteiger partial charge in [0.2, 0.25) is 17.7 Å². The molecule has 1 aromatic carbocycles. The van der Waals surface area contributed by atoms with Crippen LogP contribution in [0.2, 0.25) is 0 Å². The Labute approximate surface area is 260 Å². The third kappa shape index (κ3) is 6.56. The number of fused-ring (bicyclic) bond motifs is 3. The molecule has 14 nitrogen and oxygen atoms in total. The zero-order valence-corrected chi connectivity index (χ0v) is 25.7. The number of furan rings is 1. The van der Waals surface area contributed by atoms with Crippen molar-refractivity contribution in [2.75, 3.05) is 70.3 Å². The second kappa shape index (κ2) is 13.9. The quantitative estimate of drug-likeness (QED) is 0.183. The Morgan fingerprint density at radius 3 is 2.56 bits per heavy atom. The maximum absolute atomic E-state index is 14.0. The van der Waals surface area contributed by atoms with Gasteiger partial charge in [0.15, 0.2) is 17.1 Å². The van der Waals surface area contributed by atoms with Gasteiger partial charge in [0.25, 0.3) is 0 Å². The number of carbonyl (C=O) groups excluding carboxylic acids is 1. The molecule has 14 heteroatoms. The van der Waals surface area contributed by atoms with Gasteiger partial charge < -0.3 is 34.2 Å². The number of nitrogen functional groups attached to an aromatic ring is 1. The molecular weight excluding hydrogens is 578 g/mol. The summed E-state index contributed by atoms with van der Waals surface area (Å²) < 4.78 is 24.9. The molecule has 0 bridgehead atoms. The number of piperazine rings is 1. The fourth-order valence-corrected chi connectivity index (χ4v) is 5.52. The van der Waals surface area contributed by atoms with E-state index in [1.54, 1.807) is 36.4 Å². The van der Waals surface area contributed by atoms with Crippen molar-refractivity contribution in [1.29, 1.82) is 0 Å². The lowest BCUT2D eigenvalue weighted by Crippen LogP contribution is -2.50. The maximum atomic E-state index is 14.0. The molecule has 238 valence electrons. The standard InChI is InChI=1S/C31H39N9O5/c1-3-4-6-25(39-29-24(21-33-39)28-34-27(26-7-5-16-45-26)36-40(28)31(32)35-29)30(41)38-14-12-37(13-15-38)22-8-10-23(11-9-22)44-20-19-43-18-17-42-2/h5,7-11,16,21,25H,3-4,6,12-15,17-20H2,1-2H3,(H2,32,35). The van der Waals surface area contributed by atoms with Crippen LogP contribution in [0.25, 0.3) is 28.3 Å². The number of benzene rings is 1. The van der Waals surface area contributed by atoms with Gasteiger partial charge in [0.05, 0.1) is 37.7 Å². The van der Waals surface area contributed by atoms with Crippen molar-refractivity contribution in [2.45, 2.75) is 32.2 Å². The first-order valence-electron chi connectivity index (χ1n) is 15.3. The zero-order chi connectivity index (χ0) is 31.2. The number of amides is 1. The highest BCUT2D eigenvalue weighted by atomic mass is 16.5. The molecule has 1 saturated heterocycles. The van der Waals surface area contributed by atoms with Crippen LogP contribution in [0.4, 0.5) is 11.6 Å². The summed E-state index contributed by atoms with van der Waals surface area (Å²) in [5, 5.41) is 9.79. The summed E-state index contributed by atoms with van der Waals surface area (Å²) in [7, 11) is 1.65. The number of anilines is 2. The Balaban J connectivity index is 1.13. The van der Waals surface area contributed by atoms with E-state index >= 15 is 0 Å². The summed E-state index contributed by atoms with van der Waals surface area (Å²) in [6.45, 7) is 6.88. The van der Waals surface area contributed by atoms with Crippen molar-refractivity contribution in [3.8, 4) is 17.3 Å². The zero-order valence-electron chi connectivity index (χ0n) is 25.7. The Hall–Kier alpha value is -4.69. The van der Waals surface area contributed by atoms with E-state index in [0.717, 1.165) is 37.4 Å². The number of ether oxygens (including phenoxy) is 3. The first-order chi connectivity index (χ1) is 22.1. The van der Waals surface area contributed by atoms with Crippen molar-refractivity contribution in [3.63, 3.8) is 0 Å². The molecule has 0 spiro atoms. The molecule has 4 aromatic heterocycles. The van der Waals surface area contributed by atoms with Gasteiger partial charge in [0, 0.05) is 39.0 Å². The van der Waals surface area contributed by atoms with Crippen LogP contribution in [0, 0.1) is 0 Å². The third-order valence-electron chi connectivity index (χ3n) is 7.93. The molecule has 0 saturated carbocycles. The van der Waals surface area contributed by atoms with Crippen LogP contribution in [-0.4, -0.2) is 99.9 Å². The van der Waals surface area contributed by atoms with Crippen molar-refractivity contribution < 1.29 is 23.4 Å². The van der Waals surface area contributed by atoms with Crippen LogP contribution < -0.4 is 15.4 Å². The van der Waals surface area contributed by atoms with E-state index in [1.807, 2.05) is 17.0 Å². The highest BCUT2D eigenvalue weighted by molar-refractivity contribution is 5.92. The van der Waals surface area contributed by atoms with Gasteiger partial charge in [-0.05, 0) is 42.8 Å². The lowest BCUT2D eigenvalue weighted by molar-refractivity contribution is -0.135. The molecule has 0 aliphatic carbocycles. The molecule has 45 heavy (non-hydrogen) atoms. The molecule has 5 heterocycles. The van der Waals surface area contributed by atoms with E-state index in [2.05, 4.69) is 44.1 Å². The van der Waals surface area contributed by atoms with E-state index in [1.165, 1.54) is 4.52 Å². The van der Waals surface area contributed by atoms with Crippen LogP contribution >= 0.6 is 0 Å². The van der Waals surface area contributed by atoms with Gasteiger partial charge in [-0.15, -0.1) is 5.10 Å². The molecule has 6 rings (SSSR count). The van der Waals surface area contributed by atoms with Crippen molar-refractivity contribution >= 4 is 34.2 Å². The minimum absolute atomic E-state index is 0.0301. The van der Waals surface area contributed by atoms with Gasteiger partial charge in [-0.25, -0.2) is 9.67 Å². The van der Waals surface area contributed by atoms with E-state index < -0.39 is 6.04 Å². The first kappa shape index (κ1) is 30.3. The Kier molecular flexibility index (Phi) is 9.41. The number of nitrogens with two attached hydrogens (primary N) is 1. The van der Waals surface area contributed by atoms with E-state index in [4.69, 9.17) is 24.4 Å². The number of aromatic nitrogens is 6. The number of methoxy groups -OCH3 is 1. The van der Waals surface area contributed by atoms with Crippen LogP contribution in [0.5, 0.6) is 5.75 Å². The van der Waals surface area contributed by atoms with Gasteiger partial charge in [0.1, 0.15) is 18.4 Å². The number of rotatable bonds is 14. The SMILES string of the molecule is CCCCC(C(=O)N1CCN(c2ccc(OCCOCCOC)cc2)CC1)n1ncc2c1nc(N)n1nc(-c3ccco3)nc21. The molecule has 1 unspecified atom stereocenters. The smallest absolute Gasteiger partial charge is 0.247 e. The van der Waals surface area contributed by atoms with Crippen LogP contribution in [0.15, 0.2) is 53.3 Å². The first-order valence-corrected chi connectivity index (χ1v) is 15.3. The summed E-state index contributed by atoms with van der Waals surface area (Å²) in [5.74, 6) is 1.91. The lowest BCUT2D eigenvalue weighted by Gasteiger charge is -2.37. The Morgan fingerprint density at radius 2 is 1.82 bits per heavy atom. The Bertz CT molecular complexity index is 1690. The predicted octanol–water partition coefficient (Wildman–Crippen LogP) is 3.44. The van der Waals surface area contributed by atoms with Crippen LogP contribution in [0.1, 0.15) is 32.2 Å². The third-order valence-corrected chi connectivity index (χ3v) is 7.93. The molecule has 1 aliphatic rings. The normalized spacial score (nSPS) is 14.4. The topological polar surface area (TPSA) is 151 Å². The predicted molar refractivity (Wildman–Crippen MR) is 168 cm³/mol. The molecule has 5 aromatic rings. The van der Waals surface area contributed by atoms with Crippen LogP contribution in [0.3, 0.4) is 0 Å². The van der Waals surface area contributed by atoms with E-state index in [-0.39, 0.29) is 11.9 Å². The minimum atomic E-state index is -0.509.